The summed E-state index contributed by atoms with van der Waals surface area (Å²) < 4.78 is 22.7. The summed E-state index contributed by atoms with van der Waals surface area (Å²) in [5, 5.41) is 5.33. The van der Waals surface area contributed by atoms with Crippen molar-refractivity contribution in [2.24, 2.45) is 5.92 Å². The molecule has 3 heterocycles. The molecule has 2 fully saturated rings. The van der Waals surface area contributed by atoms with Gasteiger partial charge in [0.15, 0.2) is 11.9 Å². The van der Waals surface area contributed by atoms with E-state index in [-0.39, 0.29) is 6.29 Å². The Morgan fingerprint density at radius 3 is 2.77 bits per heavy atom. The molecule has 0 atom stereocenters. The van der Waals surface area contributed by atoms with E-state index < -0.39 is 0 Å². The number of ether oxygens (including phenoxy) is 3. The molecule has 0 aliphatic carbocycles. The first-order valence-corrected chi connectivity index (χ1v) is 11.5. The van der Waals surface area contributed by atoms with Crippen LogP contribution >= 0.6 is 0 Å². The van der Waals surface area contributed by atoms with E-state index in [9.17, 15) is 0 Å². The van der Waals surface area contributed by atoms with E-state index in [1.807, 2.05) is 12.1 Å². The van der Waals surface area contributed by atoms with Gasteiger partial charge in [0.05, 0.1) is 25.5 Å². The Morgan fingerprint density at radius 2 is 2.00 bits per heavy atom. The number of unbranched alkanes of at least 4 members (excludes halogenated alkanes) is 1. The van der Waals surface area contributed by atoms with E-state index >= 15 is 0 Å². The minimum Gasteiger partial charge on any atom is -0.491 e. The van der Waals surface area contributed by atoms with Gasteiger partial charge in [0.1, 0.15) is 11.4 Å². The average Bonchev–Trinajstić information content (AvgIpc) is 3.19. The second kappa shape index (κ2) is 10.5. The Balaban J connectivity index is 1.26. The molecule has 7 nitrogen and oxygen atoms in total. The van der Waals surface area contributed by atoms with Crippen LogP contribution in [0.1, 0.15) is 51.1 Å². The van der Waals surface area contributed by atoms with Crippen molar-refractivity contribution in [2.75, 3.05) is 45.2 Å². The summed E-state index contributed by atoms with van der Waals surface area (Å²) in [4.78, 5) is 2.47. The van der Waals surface area contributed by atoms with Crippen LogP contribution in [0.2, 0.25) is 0 Å². The molecule has 2 N–H and O–H groups in total. The largest absolute Gasteiger partial charge is 0.491 e. The van der Waals surface area contributed by atoms with Crippen LogP contribution in [0, 0.1) is 5.92 Å². The number of piperidine rings is 1. The third kappa shape index (κ3) is 5.25. The van der Waals surface area contributed by atoms with Crippen LogP contribution in [0.25, 0.3) is 11.0 Å². The highest BCUT2D eigenvalue weighted by Crippen LogP contribution is 2.33. The van der Waals surface area contributed by atoms with Gasteiger partial charge >= 0.3 is 0 Å². The van der Waals surface area contributed by atoms with E-state index in [0.717, 1.165) is 82.0 Å². The fourth-order valence-electron chi connectivity index (χ4n) is 4.34. The SMILES string of the molecule is CCCCOc1ccc2c(CCC3CCN(CC4OCCCO4)CC3)noc2c1N. The Labute approximate surface area is 178 Å². The lowest BCUT2D eigenvalue weighted by Crippen LogP contribution is -2.42. The van der Waals surface area contributed by atoms with Crippen molar-refractivity contribution < 1.29 is 18.7 Å². The molecule has 2 aliphatic heterocycles. The smallest absolute Gasteiger partial charge is 0.193 e. The van der Waals surface area contributed by atoms with Gasteiger partial charge in [-0.1, -0.05) is 18.5 Å². The summed E-state index contributed by atoms with van der Waals surface area (Å²) in [6.45, 7) is 7.57. The molecule has 7 heteroatoms. The average molecular weight is 418 g/mol. The van der Waals surface area contributed by atoms with Crippen molar-refractivity contribution in [1.82, 2.24) is 10.1 Å². The van der Waals surface area contributed by atoms with E-state index in [1.54, 1.807) is 0 Å². The number of rotatable bonds is 9. The maximum absolute atomic E-state index is 6.26. The van der Waals surface area contributed by atoms with Gasteiger partial charge in [-0.3, -0.25) is 4.90 Å². The monoisotopic (exact) mass is 417 g/mol. The number of benzene rings is 1. The molecule has 2 aromatic rings. The Morgan fingerprint density at radius 1 is 1.20 bits per heavy atom. The lowest BCUT2D eigenvalue weighted by molar-refractivity contribution is -0.187. The molecular formula is C23H35N3O4. The van der Waals surface area contributed by atoms with Crippen LogP contribution in [0.5, 0.6) is 5.75 Å². The Bertz CT molecular complexity index is 795. The molecular weight excluding hydrogens is 382 g/mol. The standard InChI is InChI=1S/C23H35N3O4/c1-2-3-13-27-20-8-6-18-19(25-30-23(18)22(20)24)7-5-17-9-11-26(12-10-17)16-21-28-14-4-15-29-21/h6,8,17,21H,2-5,7,9-16,24H2,1H3. The van der Waals surface area contributed by atoms with Crippen LogP contribution in [0.4, 0.5) is 5.69 Å². The van der Waals surface area contributed by atoms with Crippen molar-refractivity contribution in [2.45, 2.75) is 58.2 Å². The number of hydrogen-bond acceptors (Lipinski definition) is 7. The van der Waals surface area contributed by atoms with Gasteiger partial charge in [-0.15, -0.1) is 0 Å². The molecule has 0 bridgehead atoms. The fraction of sp³-hybridized carbons (Fsp3) is 0.696. The second-order valence-electron chi connectivity index (χ2n) is 8.49. The van der Waals surface area contributed by atoms with E-state index in [4.69, 9.17) is 24.5 Å². The van der Waals surface area contributed by atoms with Gasteiger partial charge in [-0.25, -0.2) is 0 Å². The number of anilines is 1. The number of aromatic nitrogens is 1. The molecule has 166 valence electrons. The van der Waals surface area contributed by atoms with E-state index in [2.05, 4.69) is 17.0 Å². The maximum Gasteiger partial charge on any atom is 0.193 e. The fourth-order valence-corrected chi connectivity index (χ4v) is 4.34. The molecule has 30 heavy (non-hydrogen) atoms. The normalized spacial score (nSPS) is 19.5. The minimum absolute atomic E-state index is 0.0434. The summed E-state index contributed by atoms with van der Waals surface area (Å²) in [5.41, 5.74) is 8.48. The molecule has 4 rings (SSSR count). The molecule has 0 radical (unpaired) electrons. The quantitative estimate of drug-likeness (QED) is 0.488. The van der Waals surface area contributed by atoms with Gasteiger partial charge in [0.2, 0.25) is 0 Å². The van der Waals surface area contributed by atoms with E-state index in [0.29, 0.717) is 23.6 Å². The lowest BCUT2D eigenvalue weighted by atomic mass is 9.91. The molecule has 1 aromatic carbocycles. The van der Waals surface area contributed by atoms with Crippen molar-refractivity contribution >= 4 is 16.7 Å². The molecule has 2 aliphatic rings. The van der Waals surface area contributed by atoms with E-state index in [1.165, 1.54) is 12.8 Å². The molecule has 0 unspecified atom stereocenters. The van der Waals surface area contributed by atoms with Gasteiger partial charge in [-0.2, -0.15) is 0 Å². The molecule has 0 spiro atoms. The van der Waals surface area contributed by atoms with Gasteiger partial charge in [0, 0.05) is 11.9 Å². The number of nitrogen functional groups attached to an aromatic ring is 1. The first-order chi connectivity index (χ1) is 14.7. The lowest BCUT2D eigenvalue weighted by Gasteiger charge is -2.35. The predicted molar refractivity (Wildman–Crippen MR) is 117 cm³/mol. The molecule has 0 amide bonds. The Hall–Kier alpha value is -1.83. The summed E-state index contributed by atoms with van der Waals surface area (Å²) in [7, 11) is 0. The maximum atomic E-state index is 6.26. The van der Waals surface area contributed by atoms with Crippen molar-refractivity contribution in [3.05, 3.63) is 17.8 Å². The van der Waals surface area contributed by atoms with Crippen molar-refractivity contribution in [3.8, 4) is 5.75 Å². The number of aryl methyl sites for hydroxylation is 1. The van der Waals surface area contributed by atoms with Crippen LogP contribution in [-0.2, 0) is 15.9 Å². The summed E-state index contributed by atoms with van der Waals surface area (Å²) >= 11 is 0. The summed E-state index contributed by atoms with van der Waals surface area (Å²) in [5.74, 6) is 1.41. The van der Waals surface area contributed by atoms with Crippen LogP contribution in [0.15, 0.2) is 16.7 Å². The second-order valence-corrected chi connectivity index (χ2v) is 8.49. The molecule has 1 aromatic heterocycles. The van der Waals surface area contributed by atoms with Gasteiger partial charge < -0.3 is 24.5 Å². The highest BCUT2D eigenvalue weighted by Gasteiger charge is 2.24. The zero-order valence-electron chi connectivity index (χ0n) is 18.1. The van der Waals surface area contributed by atoms with Crippen molar-refractivity contribution in [1.29, 1.82) is 0 Å². The number of nitrogens with zero attached hydrogens (tertiary/aromatic N) is 2. The molecule has 2 saturated heterocycles. The zero-order chi connectivity index (χ0) is 20.8. The Kier molecular flexibility index (Phi) is 7.47. The first-order valence-electron chi connectivity index (χ1n) is 11.5. The zero-order valence-corrected chi connectivity index (χ0v) is 18.1. The first kappa shape index (κ1) is 21.4. The number of fused-ring (bicyclic) bond motifs is 1. The van der Waals surface area contributed by atoms with Crippen LogP contribution in [0.3, 0.4) is 0 Å². The van der Waals surface area contributed by atoms with Crippen LogP contribution in [-0.4, -0.2) is 55.8 Å². The highest BCUT2D eigenvalue weighted by molar-refractivity contribution is 5.92. The van der Waals surface area contributed by atoms with Crippen LogP contribution < -0.4 is 10.5 Å². The number of nitrogens with two attached hydrogens (primary N) is 1. The number of hydrogen-bond donors (Lipinski definition) is 1. The number of likely N-dealkylation sites (tertiary alicyclic amines) is 1. The van der Waals surface area contributed by atoms with Gasteiger partial charge in [0.25, 0.3) is 0 Å². The summed E-state index contributed by atoms with van der Waals surface area (Å²) in [6.07, 6.45) is 7.53. The third-order valence-corrected chi connectivity index (χ3v) is 6.27. The molecule has 0 saturated carbocycles. The topological polar surface area (TPSA) is 83.0 Å². The predicted octanol–water partition coefficient (Wildman–Crippen LogP) is 4.00. The highest BCUT2D eigenvalue weighted by atomic mass is 16.7. The third-order valence-electron chi connectivity index (χ3n) is 6.27. The minimum atomic E-state index is -0.0434. The van der Waals surface area contributed by atoms with Gasteiger partial charge in [-0.05, 0) is 69.7 Å². The van der Waals surface area contributed by atoms with Crippen molar-refractivity contribution in [3.63, 3.8) is 0 Å². The summed E-state index contributed by atoms with van der Waals surface area (Å²) in [6, 6.07) is 3.98.